The summed E-state index contributed by atoms with van der Waals surface area (Å²) in [4.78, 5) is 4.05. The highest BCUT2D eigenvalue weighted by Gasteiger charge is 2.20. The Bertz CT molecular complexity index is 685. The number of nitrogen functional groups attached to an aromatic ring is 1. The van der Waals surface area contributed by atoms with Gasteiger partial charge in [0.15, 0.2) is 0 Å². The van der Waals surface area contributed by atoms with Gasteiger partial charge in [-0.3, -0.25) is 0 Å². The second kappa shape index (κ2) is 5.94. The summed E-state index contributed by atoms with van der Waals surface area (Å²) in [6.45, 7) is 2.29. The first-order valence-corrected chi connectivity index (χ1v) is 8.19. The van der Waals surface area contributed by atoms with Crippen LogP contribution in [-0.2, 0) is 16.6 Å². The highest BCUT2D eigenvalue weighted by molar-refractivity contribution is 9.10. The van der Waals surface area contributed by atoms with Crippen molar-refractivity contribution < 1.29 is 8.42 Å². The Morgan fingerprint density at radius 3 is 2.90 bits per heavy atom. The molecule has 0 aliphatic rings. The lowest BCUT2D eigenvalue weighted by Crippen LogP contribution is -2.35. The molecule has 1 heterocycles. The molecule has 3 N–H and O–H groups in total. The van der Waals surface area contributed by atoms with Gasteiger partial charge in [0.2, 0.25) is 10.0 Å². The number of rotatable bonds is 5. The Morgan fingerprint density at radius 1 is 1.50 bits per heavy atom. The Balaban J connectivity index is 2.16. The zero-order valence-electron chi connectivity index (χ0n) is 10.8. The number of hydrogen-bond acceptors (Lipinski definition) is 4. The standard InChI is InChI=1S/C12H15BrN4O2S/c1-9(7-17-5-4-15-8-17)16-20(18,19)12-6-10(14)2-3-11(12)13/h2-6,8-9,16H,7,14H2,1H3. The van der Waals surface area contributed by atoms with E-state index < -0.39 is 10.0 Å². The maximum atomic E-state index is 12.3. The molecule has 1 unspecified atom stereocenters. The smallest absolute Gasteiger partial charge is 0.242 e. The normalized spacial score (nSPS) is 13.3. The first kappa shape index (κ1) is 15.0. The Morgan fingerprint density at radius 2 is 2.25 bits per heavy atom. The van der Waals surface area contributed by atoms with Crippen LogP contribution in [-0.4, -0.2) is 24.0 Å². The summed E-state index contributed by atoms with van der Waals surface area (Å²) in [5.41, 5.74) is 6.04. The van der Waals surface area contributed by atoms with Crippen molar-refractivity contribution in [3.8, 4) is 0 Å². The third-order valence-electron chi connectivity index (χ3n) is 2.64. The quantitative estimate of drug-likeness (QED) is 0.794. The molecule has 0 aliphatic carbocycles. The van der Waals surface area contributed by atoms with Crippen molar-refractivity contribution in [2.75, 3.05) is 5.73 Å². The molecule has 0 spiro atoms. The summed E-state index contributed by atoms with van der Waals surface area (Å²) in [5.74, 6) is 0. The van der Waals surface area contributed by atoms with Gasteiger partial charge in [-0.1, -0.05) is 0 Å². The number of hydrogen-bond donors (Lipinski definition) is 2. The van der Waals surface area contributed by atoms with Crippen molar-refractivity contribution in [1.29, 1.82) is 0 Å². The number of nitrogens with two attached hydrogens (primary N) is 1. The fraction of sp³-hybridized carbons (Fsp3) is 0.250. The van der Waals surface area contributed by atoms with Crippen LogP contribution in [0.3, 0.4) is 0 Å². The third kappa shape index (κ3) is 3.59. The van der Waals surface area contributed by atoms with E-state index in [1.165, 1.54) is 6.07 Å². The minimum atomic E-state index is -3.63. The number of aromatic nitrogens is 2. The van der Waals surface area contributed by atoms with E-state index in [0.29, 0.717) is 16.7 Å². The maximum absolute atomic E-state index is 12.3. The number of benzene rings is 1. The van der Waals surface area contributed by atoms with Gasteiger partial charge in [0.25, 0.3) is 0 Å². The molecule has 2 rings (SSSR count). The van der Waals surface area contributed by atoms with Gasteiger partial charge in [0.1, 0.15) is 0 Å². The molecule has 6 nitrogen and oxygen atoms in total. The van der Waals surface area contributed by atoms with E-state index in [2.05, 4.69) is 25.6 Å². The average Bonchev–Trinajstić information content (AvgIpc) is 2.84. The van der Waals surface area contributed by atoms with Gasteiger partial charge < -0.3 is 10.3 Å². The Labute approximate surface area is 126 Å². The molecule has 0 saturated carbocycles. The molecule has 1 aromatic carbocycles. The molecule has 1 atom stereocenters. The molecule has 0 saturated heterocycles. The number of imidazole rings is 1. The van der Waals surface area contributed by atoms with E-state index in [4.69, 9.17) is 5.73 Å². The zero-order chi connectivity index (χ0) is 14.8. The van der Waals surface area contributed by atoms with Crippen molar-refractivity contribution in [2.24, 2.45) is 0 Å². The van der Waals surface area contributed by atoms with E-state index in [1.54, 1.807) is 37.8 Å². The van der Waals surface area contributed by atoms with Crippen molar-refractivity contribution in [2.45, 2.75) is 24.4 Å². The largest absolute Gasteiger partial charge is 0.399 e. The summed E-state index contributed by atoms with van der Waals surface area (Å²) < 4.78 is 29.5. The fourth-order valence-electron chi connectivity index (χ4n) is 1.80. The van der Waals surface area contributed by atoms with E-state index in [1.807, 2.05) is 4.57 Å². The number of halogens is 1. The van der Waals surface area contributed by atoms with Gasteiger partial charge >= 0.3 is 0 Å². The summed E-state index contributed by atoms with van der Waals surface area (Å²) in [6.07, 6.45) is 5.07. The highest BCUT2D eigenvalue weighted by atomic mass is 79.9. The lowest BCUT2D eigenvalue weighted by molar-refractivity contribution is 0.520. The fourth-order valence-corrected chi connectivity index (χ4v) is 4.04. The lowest BCUT2D eigenvalue weighted by Gasteiger charge is -2.15. The van der Waals surface area contributed by atoms with Crippen LogP contribution in [0.25, 0.3) is 0 Å². The molecular formula is C12H15BrN4O2S. The molecule has 108 valence electrons. The molecule has 20 heavy (non-hydrogen) atoms. The van der Waals surface area contributed by atoms with Crippen LogP contribution in [0.2, 0.25) is 0 Å². The number of anilines is 1. The average molecular weight is 359 g/mol. The van der Waals surface area contributed by atoms with Crippen LogP contribution in [0.15, 0.2) is 46.3 Å². The van der Waals surface area contributed by atoms with Crippen molar-refractivity contribution in [1.82, 2.24) is 14.3 Å². The molecule has 0 aliphatic heterocycles. The zero-order valence-corrected chi connectivity index (χ0v) is 13.2. The first-order chi connectivity index (χ1) is 9.38. The van der Waals surface area contributed by atoms with Crippen LogP contribution in [0.4, 0.5) is 5.69 Å². The van der Waals surface area contributed by atoms with Crippen LogP contribution in [0.5, 0.6) is 0 Å². The van der Waals surface area contributed by atoms with E-state index >= 15 is 0 Å². The van der Waals surface area contributed by atoms with Crippen molar-refractivity contribution in [3.05, 3.63) is 41.4 Å². The SMILES string of the molecule is CC(Cn1ccnc1)NS(=O)(=O)c1cc(N)ccc1Br. The number of nitrogens with one attached hydrogen (secondary N) is 1. The van der Waals surface area contributed by atoms with Crippen molar-refractivity contribution in [3.63, 3.8) is 0 Å². The monoisotopic (exact) mass is 358 g/mol. The van der Waals surface area contributed by atoms with Gasteiger partial charge in [-0.15, -0.1) is 0 Å². The van der Waals surface area contributed by atoms with Crippen LogP contribution < -0.4 is 10.5 Å². The Hall–Kier alpha value is -1.38. The lowest BCUT2D eigenvalue weighted by atomic mass is 10.3. The molecule has 1 aromatic heterocycles. The molecule has 0 fully saturated rings. The maximum Gasteiger partial charge on any atom is 0.242 e. The van der Waals surface area contributed by atoms with Gasteiger partial charge in [-0.05, 0) is 41.1 Å². The Kier molecular flexibility index (Phi) is 4.46. The highest BCUT2D eigenvalue weighted by Crippen LogP contribution is 2.24. The minimum Gasteiger partial charge on any atom is -0.399 e. The predicted octanol–water partition coefficient (Wildman–Crippen LogP) is 1.59. The van der Waals surface area contributed by atoms with Crippen LogP contribution >= 0.6 is 15.9 Å². The number of sulfonamides is 1. The summed E-state index contributed by atoms with van der Waals surface area (Å²) >= 11 is 3.23. The molecule has 2 aromatic rings. The summed E-state index contributed by atoms with van der Waals surface area (Å²) in [7, 11) is -3.63. The molecule has 0 bridgehead atoms. The van der Waals surface area contributed by atoms with Gasteiger partial charge in [0, 0.05) is 35.1 Å². The first-order valence-electron chi connectivity index (χ1n) is 5.91. The van der Waals surface area contributed by atoms with E-state index in [0.717, 1.165) is 0 Å². The second-order valence-electron chi connectivity index (χ2n) is 4.47. The molecular weight excluding hydrogens is 344 g/mol. The second-order valence-corrected chi connectivity index (χ2v) is 7.01. The molecule has 0 amide bonds. The van der Waals surface area contributed by atoms with Gasteiger partial charge in [-0.2, -0.15) is 0 Å². The summed E-state index contributed by atoms with van der Waals surface area (Å²) in [6, 6.07) is 4.40. The van der Waals surface area contributed by atoms with Crippen molar-refractivity contribution >= 4 is 31.6 Å². The molecule has 8 heteroatoms. The summed E-state index contributed by atoms with van der Waals surface area (Å²) in [5, 5.41) is 0. The third-order valence-corrected chi connectivity index (χ3v) is 5.23. The van der Waals surface area contributed by atoms with Crippen LogP contribution in [0.1, 0.15) is 6.92 Å². The molecule has 0 radical (unpaired) electrons. The predicted molar refractivity (Wildman–Crippen MR) is 80.6 cm³/mol. The number of nitrogens with zero attached hydrogens (tertiary/aromatic N) is 2. The topological polar surface area (TPSA) is 90.0 Å². The minimum absolute atomic E-state index is 0.134. The van der Waals surface area contributed by atoms with Gasteiger partial charge in [-0.25, -0.2) is 18.1 Å². The van der Waals surface area contributed by atoms with Gasteiger partial charge in [0.05, 0.1) is 11.2 Å². The van der Waals surface area contributed by atoms with Crippen LogP contribution in [0, 0.1) is 0 Å². The van der Waals surface area contributed by atoms with E-state index in [-0.39, 0.29) is 10.9 Å². The van der Waals surface area contributed by atoms with E-state index in [9.17, 15) is 8.42 Å².